The zero-order chi connectivity index (χ0) is 10.6. The average Bonchev–Trinajstić information content (AvgIpc) is 1.81. The highest BCUT2D eigenvalue weighted by Crippen LogP contribution is 2.20. The molecule has 0 fully saturated rings. The molecule has 13 heavy (non-hydrogen) atoms. The number of hydrogen-bond acceptors (Lipinski definition) is 2. The number of carbonyl (C=O) groups is 1. The third kappa shape index (κ3) is 6.58. The maximum Gasteiger partial charge on any atom is 0.234 e. The minimum absolute atomic E-state index is 0.127. The van der Waals surface area contributed by atoms with Gasteiger partial charge in [0.2, 0.25) is 5.91 Å². The van der Waals surface area contributed by atoms with Crippen molar-refractivity contribution >= 4 is 5.91 Å². The van der Waals surface area contributed by atoms with E-state index < -0.39 is 0 Å². The first kappa shape index (κ1) is 12.4. The molecule has 3 N–H and O–H groups in total. The minimum Gasteiger partial charge on any atom is -0.368 e. The van der Waals surface area contributed by atoms with Gasteiger partial charge in [-0.1, -0.05) is 34.6 Å². The molecule has 1 atom stereocenters. The van der Waals surface area contributed by atoms with E-state index in [0.717, 1.165) is 6.42 Å². The minimum atomic E-state index is -0.261. The molecule has 0 aliphatic carbocycles. The summed E-state index contributed by atoms with van der Waals surface area (Å²) in [5.74, 6) is -0.261. The summed E-state index contributed by atoms with van der Waals surface area (Å²) in [4.78, 5) is 11.1. The van der Waals surface area contributed by atoms with Crippen molar-refractivity contribution in [3.63, 3.8) is 0 Å². The Morgan fingerprint density at radius 1 is 1.38 bits per heavy atom. The first-order valence-electron chi connectivity index (χ1n) is 4.78. The van der Waals surface area contributed by atoms with Crippen LogP contribution in [0.2, 0.25) is 0 Å². The van der Waals surface area contributed by atoms with Crippen LogP contribution >= 0.6 is 0 Å². The van der Waals surface area contributed by atoms with Crippen LogP contribution in [0.25, 0.3) is 0 Å². The predicted octanol–water partition coefficient (Wildman–Crippen LogP) is 1.27. The summed E-state index contributed by atoms with van der Waals surface area (Å²) in [5, 5.41) is 3.16. The van der Waals surface area contributed by atoms with Crippen molar-refractivity contribution < 1.29 is 4.79 Å². The molecule has 0 radical (unpaired) electrons. The Bertz CT molecular complexity index is 170. The molecular weight excluding hydrogens is 164 g/mol. The predicted molar refractivity (Wildman–Crippen MR) is 55.3 cm³/mol. The van der Waals surface area contributed by atoms with Crippen molar-refractivity contribution in [1.82, 2.24) is 5.32 Å². The van der Waals surface area contributed by atoms with Crippen molar-refractivity contribution in [2.75, 3.05) is 0 Å². The van der Waals surface area contributed by atoms with Gasteiger partial charge in [-0.05, 0) is 11.8 Å². The van der Waals surface area contributed by atoms with Crippen LogP contribution in [0.15, 0.2) is 0 Å². The summed E-state index contributed by atoms with van der Waals surface area (Å²) in [6.07, 6.45) is 0.778. The zero-order valence-corrected chi connectivity index (χ0v) is 9.35. The van der Waals surface area contributed by atoms with E-state index in [9.17, 15) is 4.79 Å². The maximum absolute atomic E-state index is 11.1. The maximum atomic E-state index is 11.1. The van der Waals surface area contributed by atoms with Gasteiger partial charge in [0.15, 0.2) is 0 Å². The van der Waals surface area contributed by atoms with Crippen LogP contribution in [-0.2, 0) is 4.79 Å². The van der Waals surface area contributed by atoms with Gasteiger partial charge in [0, 0.05) is 6.04 Å². The Morgan fingerprint density at radius 2 is 1.85 bits per heavy atom. The van der Waals surface area contributed by atoms with E-state index in [-0.39, 0.29) is 17.4 Å². The first-order chi connectivity index (χ1) is 5.72. The third-order valence-electron chi connectivity index (χ3n) is 1.69. The molecule has 0 aromatic carbocycles. The molecule has 3 nitrogen and oxygen atoms in total. The van der Waals surface area contributed by atoms with Crippen LogP contribution in [0, 0.1) is 5.41 Å². The lowest BCUT2D eigenvalue weighted by atomic mass is 9.87. The average molecular weight is 186 g/mol. The molecule has 0 aromatic rings. The van der Waals surface area contributed by atoms with Gasteiger partial charge >= 0.3 is 0 Å². The van der Waals surface area contributed by atoms with E-state index in [1.165, 1.54) is 0 Å². The van der Waals surface area contributed by atoms with E-state index in [4.69, 9.17) is 5.73 Å². The number of nitrogens with one attached hydrogen (secondary N) is 1. The molecule has 0 spiro atoms. The molecule has 0 heterocycles. The Kier molecular flexibility index (Phi) is 4.40. The van der Waals surface area contributed by atoms with Crippen molar-refractivity contribution in [2.45, 2.75) is 53.1 Å². The molecule has 0 saturated heterocycles. The highest BCUT2D eigenvalue weighted by atomic mass is 16.1. The van der Waals surface area contributed by atoms with Crippen molar-refractivity contribution in [3.05, 3.63) is 0 Å². The number of primary amides is 1. The Morgan fingerprint density at radius 3 is 2.08 bits per heavy atom. The Hall–Kier alpha value is -0.570. The highest BCUT2D eigenvalue weighted by molar-refractivity contribution is 5.79. The number of amides is 1. The molecule has 0 saturated carbocycles. The molecule has 0 bridgehead atoms. The van der Waals surface area contributed by atoms with Gasteiger partial charge in [-0.15, -0.1) is 0 Å². The number of rotatable bonds is 4. The zero-order valence-electron chi connectivity index (χ0n) is 9.35. The summed E-state index contributed by atoms with van der Waals surface area (Å²) in [5.41, 5.74) is 5.42. The second kappa shape index (κ2) is 4.61. The monoisotopic (exact) mass is 186 g/mol. The fourth-order valence-corrected chi connectivity index (χ4v) is 1.26. The second-order valence-corrected chi connectivity index (χ2v) is 5.04. The van der Waals surface area contributed by atoms with Crippen molar-refractivity contribution in [3.8, 4) is 0 Å². The Balaban J connectivity index is 4.19. The fourth-order valence-electron chi connectivity index (χ4n) is 1.26. The Labute approximate surface area is 81.1 Å². The quantitative estimate of drug-likeness (QED) is 0.694. The molecule has 0 rings (SSSR count). The highest BCUT2D eigenvalue weighted by Gasteiger charge is 2.22. The lowest BCUT2D eigenvalue weighted by Crippen LogP contribution is -2.46. The first-order valence-corrected chi connectivity index (χ1v) is 4.78. The lowest BCUT2D eigenvalue weighted by Gasteiger charge is -2.26. The largest absolute Gasteiger partial charge is 0.368 e. The van der Waals surface area contributed by atoms with Crippen LogP contribution in [-0.4, -0.2) is 18.0 Å². The molecule has 1 amide bonds. The summed E-state index contributed by atoms with van der Waals surface area (Å²) >= 11 is 0. The normalized spacial score (nSPS) is 14.6. The third-order valence-corrected chi connectivity index (χ3v) is 1.69. The lowest BCUT2D eigenvalue weighted by molar-refractivity contribution is -0.120. The smallest absolute Gasteiger partial charge is 0.234 e. The van der Waals surface area contributed by atoms with E-state index in [2.05, 4.69) is 26.1 Å². The van der Waals surface area contributed by atoms with Crippen LogP contribution in [0.3, 0.4) is 0 Å². The van der Waals surface area contributed by atoms with E-state index in [1.807, 2.05) is 13.8 Å². The molecule has 0 aliphatic heterocycles. The summed E-state index contributed by atoms with van der Waals surface area (Å²) < 4.78 is 0. The van der Waals surface area contributed by atoms with Gasteiger partial charge in [0.1, 0.15) is 0 Å². The van der Waals surface area contributed by atoms with Crippen molar-refractivity contribution in [2.24, 2.45) is 11.1 Å². The fraction of sp³-hybridized carbons (Fsp3) is 0.900. The summed E-state index contributed by atoms with van der Waals surface area (Å²) in [6, 6.07) is 0.0832. The molecule has 0 aliphatic rings. The van der Waals surface area contributed by atoms with Crippen LogP contribution in [0.1, 0.15) is 41.0 Å². The number of hydrogen-bond donors (Lipinski definition) is 2. The van der Waals surface area contributed by atoms with Crippen molar-refractivity contribution in [1.29, 1.82) is 0 Å². The summed E-state index contributed by atoms with van der Waals surface area (Å²) in [7, 11) is 0. The molecular formula is C10H22N2O. The topological polar surface area (TPSA) is 55.1 Å². The van der Waals surface area contributed by atoms with Gasteiger partial charge in [0.05, 0.1) is 6.04 Å². The molecule has 0 aromatic heterocycles. The van der Waals surface area contributed by atoms with Crippen LogP contribution in [0.5, 0.6) is 0 Å². The van der Waals surface area contributed by atoms with Gasteiger partial charge in [-0.2, -0.15) is 0 Å². The van der Waals surface area contributed by atoms with E-state index >= 15 is 0 Å². The van der Waals surface area contributed by atoms with Gasteiger partial charge in [0.25, 0.3) is 0 Å². The number of nitrogens with two attached hydrogens (primary N) is 1. The van der Waals surface area contributed by atoms with Gasteiger partial charge < -0.3 is 11.1 Å². The molecule has 3 heteroatoms. The molecule has 78 valence electrons. The summed E-state index contributed by atoms with van der Waals surface area (Å²) in [6.45, 7) is 10.3. The van der Waals surface area contributed by atoms with Crippen LogP contribution in [0.4, 0.5) is 0 Å². The second-order valence-electron chi connectivity index (χ2n) is 5.04. The molecule has 1 unspecified atom stereocenters. The van der Waals surface area contributed by atoms with Gasteiger partial charge in [-0.3, -0.25) is 4.79 Å². The standard InChI is InChI=1S/C10H22N2O/c1-7(2)12-8(9(11)13)6-10(3,4)5/h7-8,12H,6H2,1-5H3,(H2,11,13). The SMILES string of the molecule is CC(C)NC(CC(C)(C)C)C(N)=O. The van der Waals surface area contributed by atoms with E-state index in [1.54, 1.807) is 0 Å². The van der Waals surface area contributed by atoms with Gasteiger partial charge in [-0.25, -0.2) is 0 Å². The van der Waals surface area contributed by atoms with E-state index in [0.29, 0.717) is 6.04 Å². The number of carbonyl (C=O) groups excluding carboxylic acids is 1. The van der Waals surface area contributed by atoms with Crippen LogP contribution < -0.4 is 11.1 Å².